The maximum absolute atomic E-state index is 13.5. The fourth-order valence-corrected chi connectivity index (χ4v) is 2.33. The molecule has 0 amide bonds. The molecule has 1 aromatic rings. The van der Waals surface area contributed by atoms with Gasteiger partial charge in [0.2, 0.25) is 0 Å². The molecule has 0 aliphatic carbocycles. The number of rotatable bonds is 9. The van der Waals surface area contributed by atoms with Crippen molar-refractivity contribution in [2.24, 2.45) is 0 Å². The second-order valence-electron chi connectivity index (χ2n) is 4.58. The van der Waals surface area contributed by atoms with Gasteiger partial charge in [0, 0.05) is 10.6 Å². The highest BCUT2D eigenvalue weighted by molar-refractivity contribution is 6.31. The molecule has 1 aromatic carbocycles. The molecule has 0 saturated heterocycles. The van der Waals surface area contributed by atoms with E-state index in [1.165, 1.54) is 6.07 Å². The summed E-state index contributed by atoms with van der Waals surface area (Å²) in [5, 5.41) is 3.86. The normalized spacial score (nSPS) is 11.2. The van der Waals surface area contributed by atoms with E-state index < -0.39 is 0 Å². The van der Waals surface area contributed by atoms with Crippen molar-refractivity contribution < 1.29 is 4.39 Å². The third kappa shape index (κ3) is 5.89. The lowest BCUT2D eigenvalue weighted by molar-refractivity contribution is 0.298. The van der Waals surface area contributed by atoms with E-state index >= 15 is 0 Å². The minimum absolute atomic E-state index is 0.211. The van der Waals surface area contributed by atoms with E-state index in [0.717, 1.165) is 39.1 Å². The van der Waals surface area contributed by atoms with Gasteiger partial charge in [-0.3, -0.25) is 0 Å². The van der Waals surface area contributed by atoms with Gasteiger partial charge in [-0.05, 0) is 57.7 Å². The summed E-state index contributed by atoms with van der Waals surface area (Å²) in [5.41, 5.74) is 0.611. The van der Waals surface area contributed by atoms with Gasteiger partial charge in [0.05, 0.1) is 0 Å². The van der Waals surface area contributed by atoms with Gasteiger partial charge in [0.25, 0.3) is 0 Å². The fraction of sp³-hybridized carbons (Fsp3) is 0.600. The van der Waals surface area contributed by atoms with Gasteiger partial charge in [-0.15, -0.1) is 0 Å². The first-order chi connectivity index (χ1) is 9.19. The largest absolute Gasteiger partial charge is 0.316 e. The third-order valence-corrected chi connectivity index (χ3v) is 3.69. The summed E-state index contributed by atoms with van der Waals surface area (Å²) in [4.78, 5) is 2.40. The summed E-state index contributed by atoms with van der Waals surface area (Å²) in [6.45, 7) is 9.39. The first kappa shape index (κ1) is 16.4. The van der Waals surface area contributed by atoms with E-state index in [1.807, 2.05) is 0 Å². The van der Waals surface area contributed by atoms with E-state index in [0.29, 0.717) is 17.0 Å². The molecule has 0 bridgehead atoms. The lowest BCUT2D eigenvalue weighted by atomic mass is 10.1. The minimum atomic E-state index is -0.211. The molecule has 19 heavy (non-hydrogen) atoms. The molecule has 0 unspecified atom stereocenters. The molecule has 0 radical (unpaired) electrons. The number of nitrogens with zero attached hydrogens (tertiary/aromatic N) is 1. The molecule has 1 rings (SSSR count). The molecule has 0 atom stereocenters. The summed E-state index contributed by atoms with van der Waals surface area (Å²) in [7, 11) is 0. The van der Waals surface area contributed by atoms with Crippen molar-refractivity contribution in [3.8, 4) is 0 Å². The second-order valence-corrected chi connectivity index (χ2v) is 4.99. The van der Waals surface area contributed by atoms with Gasteiger partial charge in [-0.2, -0.15) is 0 Å². The second kappa shape index (κ2) is 9.29. The lowest BCUT2D eigenvalue weighted by Crippen LogP contribution is -2.27. The van der Waals surface area contributed by atoms with Crippen LogP contribution in [-0.4, -0.2) is 37.6 Å². The molecule has 0 saturated carbocycles. The van der Waals surface area contributed by atoms with Crippen LogP contribution in [0.4, 0.5) is 4.39 Å². The Kier molecular flexibility index (Phi) is 8.03. The summed E-state index contributed by atoms with van der Waals surface area (Å²) in [6.07, 6.45) is 1.75. The third-order valence-electron chi connectivity index (χ3n) is 3.34. The SMILES string of the molecule is CCN(CC)CCCNCCc1c(F)cccc1Cl. The zero-order valence-electron chi connectivity index (χ0n) is 11.9. The van der Waals surface area contributed by atoms with Gasteiger partial charge in [0.1, 0.15) is 5.82 Å². The molecule has 0 aromatic heterocycles. The molecule has 4 heteroatoms. The molecule has 1 N–H and O–H groups in total. The number of benzene rings is 1. The smallest absolute Gasteiger partial charge is 0.127 e. The van der Waals surface area contributed by atoms with Crippen LogP contribution in [0.3, 0.4) is 0 Å². The molecule has 0 aliphatic rings. The molecule has 0 spiro atoms. The lowest BCUT2D eigenvalue weighted by Gasteiger charge is -2.17. The van der Waals surface area contributed by atoms with Crippen LogP contribution >= 0.6 is 11.6 Å². The predicted octanol–water partition coefficient (Wildman–Crippen LogP) is 3.34. The van der Waals surface area contributed by atoms with Crippen LogP contribution in [0.5, 0.6) is 0 Å². The van der Waals surface area contributed by atoms with Crippen LogP contribution in [0.15, 0.2) is 18.2 Å². The van der Waals surface area contributed by atoms with Gasteiger partial charge >= 0.3 is 0 Å². The Balaban J connectivity index is 2.17. The van der Waals surface area contributed by atoms with Crippen molar-refractivity contribution in [1.29, 1.82) is 0 Å². The Morgan fingerprint density at radius 1 is 1.21 bits per heavy atom. The van der Waals surface area contributed by atoms with Crippen molar-refractivity contribution >= 4 is 11.6 Å². The van der Waals surface area contributed by atoms with Gasteiger partial charge in [0.15, 0.2) is 0 Å². The maximum Gasteiger partial charge on any atom is 0.127 e. The highest BCUT2D eigenvalue weighted by Crippen LogP contribution is 2.18. The van der Waals surface area contributed by atoms with Crippen molar-refractivity contribution in [1.82, 2.24) is 10.2 Å². The summed E-state index contributed by atoms with van der Waals surface area (Å²) >= 11 is 5.97. The van der Waals surface area contributed by atoms with Crippen molar-refractivity contribution in [2.75, 3.05) is 32.7 Å². The average molecular weight is 287 g/mol. The summed E-state index contributed by atoms with van der Waals surface area (Å²) in [6, 6.07) is 4.83. The summed E-state index contributed by atoms with van der Waals surface area (Å²) in [5.74, 6) is -0.211. The van der Waals surface area contributed by atoms with E-state index in [9.17, 15) is 4.39 Å². The van der Waals surface area contributed by atoms with Gasteiger partial charge in [-0.1, -0.05) is 31.5 Å². The highest BCUT2D eigenvalue weighted by atomic mass is 35.5. The van der Waals surface area contributed by atoms with Crippen molar-refractivity contribution in [3.05, 3.63) is 34.6 Å². The van der Waals surface area contributed by atoms with Crippen LogP contribution in [0.25, 0.3) is 0 Å². The molecule has 0 heterocycles. The maximum atomic E-state index is 13.5. The first-order valence-electron chi connectivity index (χ1n) is 7.05. The Hall–Kier alpha value is -0.640. The number of halogens is 2. The van der Waals surface area contributed by atoms with Gasteiger partial charge < -0.3 is 10.2 Å². The predicted molar refractivity (Wildman–Crippen MR) is 80.4 cm³/mol. The highest BCUT2D eigenvalue weighted by Gasteiger charge is 2.05. The number of nitrogens with one attached hydrogen (secondary N) is 1. The quantitative estimate of drug-likeness (QED) is 0.701. The van der Waals surface area contributed by atoms with Crippen molar-refractivity contribution in [3.63, 3.8) is 0 Å². The summed E-state index contributed by atoms with van der Waals surface area (Å²) < 4.78 is 13.5. The Morgan fingerprint density at radius 2 is 1.95 bits per heavy atom. The van der Waals surface area contributed by atoms with E-state index in [-0.39, 0.29) is 5.82 Å². The molecular weight excluding hydrogens is 263 g/mol. The zero-order chi connectivity index (χ0) is 14.1. The van der Waals surface area contributed by atoms with Crippen LogP contribution in [-0.2, 0) is 6.42 Å². The first-order valence-corrected chi connectivity index (χ1v) is 7.42. The van der Waals surface area contributed by atoms with Crippen LogP contribution in [0, 0.1) is 5.82 Å². The molecule has 0 aliphatic heterocycles. The number of hydrogen-bond acceptors (Lipinski definition) is 2. The van der Waals surface area contributed by atoms with E-state index in [2.05, 4.69) is 24.1 Å². The van der Waals surface area contributed by atoms with Gasteiger partial charge in [-0.25, -0.2) is 4.39 Å². The molecule has 2 nitrogen and oxygen atoms in total. The Morgan fingerprint density at radius 3 is 2.58 bits per heavy atom. The van der Waals surface area contributed by atoms with Crippen LogP contribution in [0.2, 0.25) is 5.02 Å². The Bertz CT molecular complexity index is 347. The van der Waals surface area contributed by atoms with E-state index in [1.54, 1.807) is 12.1 Å². The molecule has 108 valence electrons. The van der Waals surface area contributed by atoms with Crippen LogP contribution < -0.4 is 5.32 Å². The minimum Gasteiger partial charge on any atom is -0.316 e. The molecular formula is C15H24ClFN2. The standard InChI is InChI=1S/C15H24ClFN2/c1-3-19(4-2)12-6-10-18-11-9-13-14(16)7-5-8-15(13)17/h5,7-8,18H,3-4,6,9-12H2,1-2H3. The fourth-order valence-electron chi connectivity index (χ4n) is 2.08. The average Bonchev–Trinajstić information content (AvgIpc) is 2.41. The van der Waals surface area contributed by atoms with E-state index in [4.69, 9.17) is 11.6 Å². The monoisotopic (exact) mass is 286 g/mol. The topological polar surface area (TPSA) is 15.3 Å². The molecule has 0 fully saturated rings. The Labute approximate surface area is 120 Å². The zero-order valence-corrected chi connectivity index (χ0v) is 12.6. The van der Waals surface area contributed by atoms with Crippen molar-refractivity contribution in [2.45, 2.75) is 26.7 Å². The number of hydrogen-bond donors (Lipinski definition) is 1. The van der Waals surface area contributed by atoms with Crippen LogP contribution in [0.1, 0.15) is 25.8 Å².